The molecule has 0 unspecified atom stereocenters. The van der Waals surface area contributed by atoms with Gasteiger partial charge in [-0.3, -0.25) is 4.79 Å². The molecule has 4 nitrogen and oxygen atoms in total. The summed E-state index contributed by atoms with van der Waals surface area (Å²) in [7, 11) is 0. The molecule has 0 bridgehead atoms. The predicted octanol–water partition coefficient (Wildman–Crippen LogP) is 2.18. The Labute approximate surface area is 102 Å². The number of benzene rings is 1. The number of amides is 1. The van der Waals surface area contributed by atoms with Gasteiger partial charge < -0.3 is 15.8 Å². The van der Waals surface area contributed by atoms with Crippen molar-refractivity contribution in [2.24, 2.45) is 0 Å². The summed E-state index contributed by atoms with van der Waals surface area (Å²) in [4.78, 5) is 11.3. The van der Waals surface area contributed by atoms with Crippen molar-refractivity contribution in [1.82, 2.24) is 0 Å². The maximum absolute atomic E-state index is 11.7. The average molecular weight is 262 g/mol. The summed E-state index contributed by atoms with van der Waals surface area (Å²) in [5.74, 6) is -0.415. The first-order valence-electron chi connectivity index (χ1n) is 5.17. The zero-order valence-electron chi connectivity index (χ0n) is 9.46. The molecule has 0 spiro atoms. The second-order valence-corrected chi connectivity index (χ2v) is 3.59. The Kier molecular flexibility index (Phi) is 4.96. The summed E-state index contributed by atoms with van der Waals surface area (Å²) in [5, 5.41) is 2.51. The minimum absolute atomic E-state index is 0.138. The maximum atomic E-state index is 11.7. The first kappa shape index (κ1) is 14.3. The monoisotopic (exact) mass is 262 g/mol. The van der Waals surface area contributed by atoms with Gasteiger partial charge in [0.15, 0.2) is 0 Å². The van der Waals surface area contributed by atoms with Crippen LogP contribution in [0.2, 0.25) is 0 Å². The van der Waals surface area contributed by atoms with Crippen molar-refractivity contribution in [3.8, 4) is 0 Å². The van der Waals surface area contributed by atoms with E-state index in [2.05, 4.69) is 10.1 Å². The van der Waals surface area contributed by atoms with E-state index >= 15 is 0 Å². The molecule has 1 aromatic carbocycles. The molecule has 7 heteroatoms. The molecule has 1 rings (SSSR count). The first-order chi connectivity index (χ1) is 8.37. The molecule has 1 aromatic rings. The van der Waals surface area contributed by atoms with Gasteiger partial charge in [0.2, 0.25) is 5.91 Å². The highest BCUT2D eigenvalue weighted by Crippen LogP contribution is 2.14. The number of hydrogen-bond donors (Lipinski definition) is 2. The number of halogens is 3. The third kappa shape index (κ3) is 6.09. The van der Waals surface area contributed by atoms with Crippen molar-refractivity contribution in [3.05, 3.63) is 24.3 Å². The van der Waals surface area contributed by atoms with E-state index in [0.29, 0.717) is 11.4 Å². The Hall–Kier alpha value is -1.76. The fourth-order valence-electron chi connectivity index (χ4n) is 1.14. The van der Waals surface area contributed by atoms with E-state index < -0.39 is 18.7 Å². The SMILES string of the molecule is Nc1ccc(NC(=O)CCOCC(F)(F)F)cc1. The Bertz CT molecular complexity index is 390. The highest BCUT2D eigenvalue weighted by molar-refractivity contribution is 5.90. The second kappa shape index (κ2) is 6.25. The van der Waals surface area contributed by atoms with Crippen molar-refractivity contribution >= 4 is 17.3 Å². The van der Waals surface area contributed by atoms with Crippen LogP contribution in [0.1, 0.15) is 6.42 Å². The molecule has 100 valence electrons. The number of ether oxygens (including phenoxy) is 1. The molecule has 0 aromatic heterocycles. The smallest absolute Gasteiger partial charge is 0.399 e. The van der Waals surface area contributed by atoms with Crippen LogP contribution in [0.4, 0.5) is 24.5 Å². The van der Waals surface area contributed by atoms with E-state index in [1.54, 1.807) is 24.3 Å². The van der Waals surface area contributed by atoms with Crippen LogP contribution in [-0.2, 0) is 9.53 Å². The summed E-state index contributed by atoms with van der Waals surface area (Å²) in [6, 6.07) is 6.42. The van der Waals surface area contributed by atoms with Gasteiger partial charge in [-0.25, -0.2) is 0 Å². The summed E-state index contributed by atoms with van der Waals surface area (Å²) in [5.41, 5.74) is 6.55. The Morgan fingerprint density at radius 3 is 2.44 bits per heavy atom. The molecule has 0 saturated heterocycles. The highest BCUT2D eigenvalue weighted by atomic mass is 19.4. The van der Waals surface area contributed by atoms with Crippen LogP contribution in [0.25, 0.3) is 0 Å². The van der Waals surface area contributed by atoms with Gasteiger partial charge in [-0.15, -0.1) is 0 Å². The number of rotatable bonds is 5. The summed E-state index contributed by atoms with van der Waals surface area (Å²) >= 11 is 0. The molecule has 3 N–H and O–H groups in total. The lowest BCUT2D eigenvalue weighted by Gasteiger charge is -2.08. The molecule has 0 saturated carbocycles. The molecular weight excluding hydrogens is 249 g/mol. The molecule has 0 atom stereocenters. The molecule has 0 heterocycles. The lowest BCUT2D eigenvalue weighted by atomic mass is 10.3. The minimum atomic E-state index is -4.37. The van der Waals surface area contributed by atoms with Crippen molar-refractivity contribution < 1.29 is 22.7 Å². The standard InChI is InChI=1S/C11H13F3N2O2/c12-11(13,14)7-18-6-5-10(17)16-9-3-1-8(15)2-4-9/h1-4H,5-7,15H2,(H,16,17). The normalized spacial score (nSPS) is 11.3. The minimum Gasteiger partial charge on any atom is -0.399 e. The van der Waals surface area contributed by atoms with Crippen molar-refractivity contribution in [1.29, 1.82) is 0 Å². The van der Waals surface area contributed by atoms with E-state index in [1.807, 2.05) is 0 Å². The topological polar surface area (TPSA) is 64.3 Å². The molecule has 0 fully saturated rings. The molecule has 18 heavy (non-hydrogen) atoms. The number of carbonyl (C=O) groups is 1. The van der Waals surface area contributed by atoms with Crippen LogP contribution in [-0.4, -0.2) is 25.3 Å². The Morgan fingerprint density at radius 2 is 1.89 bits per heavy atom. The third-order valence-electron chi connectivity index (χ3n) is 1.93. The van der Waals surface area contributed by atoms with Crippen molar-refractivity contribution in [2.75, 3.05) is 24.3 Å². The van der Waals surface area contributed by atoms with Gasteiger partial charge >= 0.3 is 6.18 Å². The fourth-order valence-corrected chi connectivity index (χ4v) is 1.14. The van der Waals surface area contributed by atoms with Crippen LogP contribution in [0.3, 0.4) is 0 Å². The first-order valence-corrected chi connectivity index (χ1v) is 5.17. The summed E-state index contributed by atoms with van der Waals surface area (Å²) in [6.07, 6.45) is -4.51. The Morgan fingerprint density at radius 1 is 1.28 bits per heavy atom. The van der Waals surface area contributed by atoms with Gasteiger partial charge in [0.25, 0.3) is 0 Å². The third-order valence-corrected chi connectivity index (χ3v) is 1.93. The quantitative estimate of drug-likeness (QED) is 0.631. The zero-order valence-corrected chi connectivity index (χ0v) is 9.46. The van der Waals surface area contributed by atoms with Crippen LogP contribution in [0.15, 0.2) is 24.3 Å². The van der Waals surface area contributed by atoms with E-state index in [4.69, 9.17) is 5.73 Å². The molecule has 0 radical (unpaired) electrons. The molecule has 1 amide bonds. The molecular formula is C11H13F3N2O2. The van der Waals surface area contributed by atoms with Crippen LogP contribution < -0.4 is 11.1 Å². The zero-order chi connectivity index (χ0) is 13.6. The second-order valence-electron chi connectivity index (χ2n) is 3.59. The van der Waals surface area contributed by atoms with E-state index in [-0.39, 0.29) is 13.0 Å². The number of carbonyl (C=O) groups excluding carboxylic acids is 1. The number of alkyl halides is 3. The van der Waals surface area contributed by atoms with E-state index in [0.717, 1.165) is 0 Å². The van der Waals surface area contributed by atoms with Gasteiger partial charge in [0.1, 0.15) is 6.61 Å². The largest absolute Gasteiger partial charge is 0.411 e. The van der Waals surface area contributed by atoms with Crippen molar-refractivity contribution in [3.63, 3.8) is 0 Å². The van der Waals surface area contributed by atoms with Gasteiger partial charge in [-0.2, -0.15) is 13.2 Å². The van der Waals surface area contributed by atoms with E-state index in [9.17, 15) is 18.0 Å². The summed E-state index contributed by atoms with van der Waals surface area (Å²) in [6.45, 7) is -1.62. The molecule has 0 aliphatic carbocycles. The fraction of sp³-hybridized carbons (Fsp3) is 0.364. The lowest BCUT2D eigenvalue weighted by Crippen LogP contribution is -2.20. The predicted molar refractivity (Wildman–Crippen MR) is 61.0 cm³/mol. The van der Waals surface area contributed by atoms with Crippen LogP contribution in [0.5, 0.6) is 0 Å². The van der Waals surface area contributed by atoms with Gasteiger partial charge in [-0.1, -0.05) is 0 Å². The summed E-state index contributed by atoms with van der Waals surface area (Å²) < 4.78 is 39.5. The molecule has 0 aliphatic heterocycles. The van der Waals surface area contributed by atoms with E-state index in [1.165, 1.54) is 0 Å². The van der Waals surface area contributed by atoms with Gasteiger partial charge in [0, 0.05) is 11.4 Å². The van der Waals surface area contributed by atoms with Crippen LogP contribution in [0, 0.1) is 0 Å². The molecule has 0 aliphatic rings. The van der Waals surface area contributed by atoms with Gasteiger partial charge in [0.05, 0.1) is 13.0 Å². The lowest BCUT2D eigenvalue weighted by molar-refractivity contribution is -0.174. The number of nitrogens with one attached hydrogen (secondary N) is 1. The number of anilines is 2. The number of nitrogen functional groups attached to an aromatic ring is 1. The maximum Gasteiger partial charge on any atom is 0.411 e. The Balaban J connectivity index is 2.24. The van der Waals surface area contributed by atoms with Gasteiger partial charge in [-0.05, 0) is 24.3 Å². The highest BCUT2D eigenvalue weighted by Gasteiger charge is 2.27. The number of nitrogens with two attached hydrogens (primary N) is 1. The van der Waals surface area contributed by atoms with Crippen LogP contribution >= 0.6 is 0 Å². The number of hydrogen-bond acceptors (Lipinski definition) is 3. The van der Waals surface area contributed by atoms with Crippen molar-refractivity contribution in [2.45, 2.75) is 12.6 Å². The average Bonchev–Trinajstić information content (AvgIpc) is 2.26.